The summed E-state index contributed by atoms with van der Waals surface area (Å²) in [7, 11) is 0. The van der Waals surface area contributed by atoms with Gasteiger partial charge >= 0.3 is 0 Å². The van der Waals surface area contributed by atoms with Crippen LogP contribution in [0, 0.1) is 13.8 Å². The Morgan fingerprint density at radius 2 is 2.12 bits per heavy atom. The maximum atomic E-state index is 11.8. The number of nitrogen functional groups attached to an aromatic ring is 1. The molecule has 1 amide bonds. The van der Waals surface area contributed by atoms with Gasteiger partial charge in [0.15, 0.2) is 0 Å². The zero-order valence-electron chi connectivity index (χ0n) is 9.53. The Morgan fingerprint density at radius 3 is 2.69 bits per heavy atom. The van der Waals surface area contributed by atoms with Crippen molar-refractivity contribution in [2.24, 2.45) is 0 Å². The van der Waals surface area contributed by atoms with Crippen LogP contribution >= 0.6 is 12.6 Å². The Bertz CT molecular complexity index is 445. The van der Waals surface area contributed by atoms with Crippen molar-refractivity contribution in [2.75, 3.05) is 17.2 Å². The molecule has 16 heavy (non-hydrogen) atoms. The number of benzene rings is 1. The van der Waals surface area contributed by atoms with E-state index < -0.39 is 0 Å². The topological polar surface area (TPSA) is 46.3 Å². The van der Waals surface area contributed by atoms with Crippen molar-refractivity contribution < 1.29 is 4.79 Å². The van der Waals surface area contributed by atoms with Gasteiger partial charge in [0.1, 0.15) is 0 Å². The van der Waals surface area contributed by atoms with Gasteiger partial charge in [0, 0.05) is 18.2 Å². The predicted molar refractivity (Wildman–Crippen MR) is 70.1 cm³/mol. The van der Waals surface area contributed by atoms with Crippen molar-refractivity contribution >= 4 is 29.9 Å². The molecular formula is C12H16N2OS. The van der Waals surface area contributed by atoms with Crippen molar-refractivity contribution in [1.29, 1.82) is 0 Å². The Hall–Kier alpha value is -1.16. The van der Waals surface area contributed by atoms with Crippen molar-refractivity contribution in [1.82, 2.24) is 0 Å². The fourth-order valence-electron chi connectivity index (χ4n) is 2.09. The summed E-state index contributed by atoms with van der Waals surface area (Å²) in [5.41, 5.74) is 9.72. The van der Waals surface area contributed by atoms with Gasteiger partial charge < -0.3 is 10.6 Å². The van der Waals surface area contributed by atoms with Crippen LogP contribution in [-0.4, -0.2) is 17.7 Å². The maximum Gasteiger partial charge on any atom is 0.228 e. The molecule has 3 nitrogen and oxygen atoms in total. The molecule has 1 aliphatic heterocycles. The molecule has 0 radical (unpaired) electrons. The molecule has 0 bridgehead atoms. The van der Waals surface area contributed by atoms with Gasteiger partial charge in [-0.3, -0.25) is 4.79 Å². The minimum Gasteiger partial charge on any atom is -0.397 e. The fraction of sp³-hybridized carbons (Fsp3) is 0.417. The molecular weight excluding hydrogens is 220 g/mol. The highest BCUT2D eigenvalue weighted by atomic mass is 32.1. The van der Waals surface area contributed by atoms with E-state index in [0.29, 0.717) is 18.7 Å². The van der Waals surface area contributed by atoms with Gasteiger partial charge in [0.05, 0.1) is 11.4 Å². The Morgan fingerprint density at radius 1 is 1.44 bits per heavy atom. The van der Waals surface area contributed by atoms with E-state index in [9.17, 15) is 4.79 Å². The lowest BCUT2D eigenvalue weighted by Crippen LogP contribution is -2.26. The Labute approximate surface area is 101 Å². The number of thiol groups is 1. The molecule has 0 spiro atoms. The number of nitrogens with zero attached hydrogens (tertiary/aromatic N) is 1. The first-order chi connectivity index (χ1) is 7.50. The molecule has 1 aliphatic rings. The standard InChI is InChI=1S/C12H16N2OS/c1-7-3-4-10(13)12(8(7)2)14-6-9(16)5-11(14)15/h3-4,9,16H,5-6,13H2,1-2H3. The number of hydrogen-bond acceptors (Lipinski definition) is 3. The number of rotatable bonds is 1. The highest BCUT2D eigenvalue weighted by Crippen LogP contribution is 2.33. The summed E-state index contributed by atoms with van der Waals surface area (Å²) in [4.78, 5) is 13.6. The lowest BCUT2D eigenvalue weighted by atomic mass is 10.1. The highest BCUT2D eigenvalue weighted by Gasteiger charge is 2.30. The molecule has 4 heteroatoms. The minimum absolute atomic E-state index is 0.111. The van der Waals surface area contributed by atoms with Gasteiger partial charge in [-0.15, -0.1) is 0 Å². The zero-order chi connectivity index (χ0) is 11.9. The SMILES string of the molecule is Cc1ccc(N)c(N2CC(S)CC2=O)c1C. The molecule has 1 unspecified atom stereocenters. The third-order valence-corrected chi connectivity index (χ3v) is 3.45. The van der Waals surface area contributed by atoms with E-state index in [1.807, 2.05) is 26.0 Å². The van der Waals surface area contributed by atoms with Gasteiger partial charge in [-0.2, -0.15) is 12.6 Å². The van der Waals surface area contributed by atoms with Gasteiger partial charge in [0.2, 0.25) is 5.91 Å². The van der Waals surface area contributed by atoms with Crippen molar-refractivity contribution in [2.45, 2.75) is 25.5 Å². The van der Waals surface area contributed by atoms with Crippen molar-refractivity contribution in [3.63, 3.8) is 0 Å². The average molecular weight is 236 g/mol. The van der Waals surface area contributed by atoms with E-state index in [-0.39, 0.29) is 11.2 Å². The number of carbonyl (C=O) groups is 1. The summed E-state index contributed by atoms with van der Waals surface area (Å²) in [5.74, 6) is 0.111. The maximum absolute atomic E-state index is 11.8. The zero-order valence-corrected chi connectivity index (χ0v) is 10.4. The van der Waals surface area contributed by atoms with Crippen LogP contribution < -0.4 is 10.6 Å². The highest BCUT2D eigenvalue weighted by molar-refractivity contribution is 7.81. The summed E-state index contributed by atoms with van der Waals surface area (Å²) < 4.78 is 0. The van der Waals surface area contributed by atoms with Crippen LogP contribution in [0.1, 0.15) is 17.5 Å². The lowest BCUT2D eigenvalue weighted by molar-refractivity contribution is -0.117. The second kappa shape index (κ2) is 4.01. The van der Waals surface area contributed by atoms with Crippen LogP contribution in [0.15, 0.2) is 12.1 Å². The molecule has 1 aromatic rings. The molecule has 1 aromatic carbocycles. The molecule has 1 fully saturated rings. The van der Waals surface area contributed by atoms with Crippen LogP contribution in [-0.2, 0) is 4.79 Å². The quantitative estimate of drug-likeness (QED) is 0.578. The molecule has 1 atom stereocenters. The molecule has 0 aliphatic carbocycles. The summed E-state index contributed by atoms with van der Waals surface area (Å²) in [6.07, 6.45) is 0.496. The van der Waals surface area contributed by atoms with Crippen molar-refractivity contribution in [3.8, 4) is 0 Å². The smallest absolute Gasteiger partial charge is 0.228 e. The lowest BCUT2D eigenvalue weighted by Gasteiger charge is -2.21. The fourth-order valence-corrected chi connectivity index (χ4v) is 2.40. The first-order valence-corrected chi connectivity index (χ1v) is 5.86. The van der Waals surface area contributed by atoms with Crippen LogP contribution in [0.4, 0.5) is 11.4 Å². The van der Waals surface area contributed by atoms with E-state index in [1.165, 1.54) is 0 Å². The van der Waals surface area contributed by atoms with E-state index in [2.05, 4.69) is 12.6 Å². The number of nitrogens with two attached hydrogens (primary N) is 1. The number of anilines is 2. The first-order valence-electron chi connectivity index (χ1n) is 5.35. The van der Waals surface area contributed by atoms with E-state index in [4.69, 9.17) is 5.73 Å². The molecule has 2 N–H and O–H groups in total. The third-order valence-electron chi connectivity index (χ3n) is 3.11. The second-order valence-corrected chi connectivity index (χ2v) is 5.04. The van der Waals surface area contributed by atoms with Crippen molar-refractivity contribution in [3.05, 3.63) is 23.3 Å². The van der Waals surface area contributed by atoms with E-state index >= 15 is 0 Å². The van der Waals surface area contributed by atoms with E-state index in [1.54, 1.807) is 4.90 Å². The van der Waals surface area contributed by atoms with Gasteiger partial charge in [-0.1, -0.05) is 6.07 Å². The molecule has 2 rings (SSSR count). The predicted octanol–water partition coefficient (Wildman–Crippen LogP) is 1.92. The molecule has 86 valence electrons. The number of carbonyl (C=O) groups excluding carboxylic acids is 1. The number of amides is 1. The second-order valence-electron chi connectivity index (χ2n) is 4.31. The molecule has 0 saturated carbocycles. The van der Waals surface area contributed by atoms with Crippen LogP contribution in [0.25, 0.3) is 0 Å². The molecule has 0 aromatic heterocycles. The largest absolute Gasteiger partial charge is 0.397 e. The first kappa shape index (κ1) is 11.3. The molecule has 1 saturated heterocycles. The minimum atomic E-state index is 0.111. The Balaban J connectivity index is 2.48. The molecule has 1 heterocycles. The number of aryl methyl sites for hydroxylation is 1. The number of hydrogen-bond donors (Lipinski definition) is 2. The van der Waals surface area contributed by atoms with Gasteiger partial charge in [-0.05, 0) is 31.0 Å². The van der Waals surface area contributed by atoms with E-state index in [0.717, 1.165) is 16.8 Å². The van der Waals surface area contributed by atoms with Gasteiger partial charge in [0.25, 0.3) is 0 Å². The van der Waals surface area contributed by atoms with Gasteiger partial charge in [-0.25, -0.2) is 0 Å². The summed E-state index contributed by atoms with van der Waals surface area (Å²) in [6, 6.07) is 3.84. The summed E-state index contributed by atoms with van der Waals surface area (Å²) in [6.45, 7) is 4.67. The van der Waals surface area contributed by atoms with Crippen LogP contribution in [0.5, 0.6) is 0 Å². The average Bonchev–Trinajstić information content (AvgIpc) is 2.53. The summed E-state index contributed by atoms with van der Waals surface area (Å²) in [5, 5.41) is 0.117. The normalized spacial score (nSPS) is 20.6. The third kappa shape index (κ3) is 1.78. The Kier molecular flexibility index (Phi) is 2.84. The van der Waals surface area contributed by atoms with Crippen LogP contribution in [0.3, 0.4) is 0 Å². The summed E-state index contributed by atoms with van der Waals surface area (Å²) >= 11 is 4.35. The van der Waals surface area contributed by atoms with Crippen LogP contribution in [0.2, 0.25) is 0 Å². The monoisotopic (exact) mass is 236 g/mol.